The van der Waals surface area contributed by atoms with Crippen molar-refractivity contribution in [1.82, 2.24) is 15.1 Å². The van der Waals surface area contributed by atoms with Crippen molar-refractivity contribution in [2.75, 3.05) is 19.0 Å². The molecular weight excluding hydrogens is 288 g/mol. The zero-order chi connectivity index (χ0) is 17.0. The number of aryl methyl sites for hydroxylation is 2. The van der Waals surface area contributed by atoms with Gasteiger partial charge in [0.05, 0.1) is 5.69 Å². The number of hydrogen-bond acceptors (Lipinski definition) is 3. The summed E-state index contributed by atoms with van der Waals surface area (Å²) in [6, 6.07) is 8.04. The summed E-state index contributed by atoms with van der Waals surface area (Å²) < 4.78 is 1.83. The number of carbonyl (C=O) groups is 1. The van der Waals surface area contributed by atoms with Gasteiger partial charge in [0.25, 0.3) is 0 Å². The summed E-state index contributed by atoms with van der Waals surface area (Å²) in [6.45, 7) is 4.45. The lowest BCUT2D eigenvalue weighted by Crippen LogP contribution is -2.21. The molecule has 1 amide bonds. The molecule has 0 bridgehead atoms. The van der Waals surface area contributed by atoms with E-state index in [1.54, 1.807) is 6.08 Å². The molecule has 0 saturated heterocycles. The van der Waals surface area contributed by atoms with Crippen molar-refractivity contribution >= 4 is 17.7 Å². The minimum atomic E-state index is -0.107. The average molecular weight is 312 g/mol. The van der Waals surface area contributed by atoms with Crippen LogP contribution in [0.25, 0.3) is 6.08 Å². The van der Waals surface area contributed by atoms with Crippen LogP contribution in [0, 0.1) is 13.8 Å². The lowest BCUT2D eigenvalue weighted by Gasteiger charge is -2.11. The SMILES string of the molecule is Cc1nn(C)c(C)c1CNC(=O)/C=C/c1ccc(N(C)C)cc1. The molecule has 0 atom stereocenters. The molecule has 23 heavy (non-hydrogen) atoms. The monoisotopic (exact) mass is 312 g/mol. The fourth-order valence-corrected chi connectivity index (χ4v) is 2.36. The predicted octanol–water partition coefficient (Wildman–Crippen LogP) is 2.43. The third-order valence-corrected chi connectivity index (χ3v) is 3.93. The van der Waals surface area contributed by atoms with Gasteiger partial charge >= 0.3 is 0 Å². The highest BCUT2D eigenvalue weighted by Crippen LogP contribution is 2.13. The molecule has 0 spiro atoms. The Bertz CT molecular complexity index is 711. The topological polar surface area (TPSA) is 50.2 Å². The fraction of sp³-hybridized carbons (Fsp3) is 0.333. The summed E-state index contributed by atoms with van der Waals surface area (Å²) >= 11 is 0. The molecule has 1 aromatic carbocycles. The Morgan fingerprint density at radius 3 is 2.43 bits per heavy atom. The van der Waals surface area contributed by atoms with Crippen LogP contribution in [0.5, 0.6) is 0 Å². The molecular formula is C18H24N4O. The Morgan fingerprint density at radius 2 is 1.91 bits per heavy atom. The lowest BCUT2D eigenvalue weighted by atomic mass is 10.2. The number of anilines is 1. The summed E-state index contributed by atoms with van der Waals surface area (Å²) in [6.07, 6.45) is 3.38. The number of nitrogens with zero attached hydrogens (tertiary/aromatic N) is 3. The van der Waals surface area contributed by atoms with E-state index >= 15 is 0 Å². The van der Waals surface area contributed by atoms with Crippen molar-refractivity contribution in [2.45, 2.75) is 20.4 Å². The molecule has 2 rings (SSSR count). The summed E-state index contributed by atoms with van der Waals surface area (Å²) in [4.78, 5) is 14.0. The smallest absolute Gasteiger partial charge is 0.244 e. The molecule has 1 N–H and O–H groups in total. The van der Waals surface area contributed by atoms with Gasteiger partial charge in [0.2, 0.25) is 5.91 Å². The Balaban J connectivity index is 1.94. The van der Waals surface area contributed by atoms with Crippen molar-refractivity contribution < 1.29 is 4.79 Å². The van der Waals surface area contributed by atoms with Gasteiger partial charge in [-0.1, -0.05) is 12.1 Å². The molecule has 1 aromatic heterocycles. The first-order valence-corrected chi connectivity index (χ1v) is 7.61. The Hall–Kier alpha value is -2.56. The maximum atomic E-state index is 12.0. The molecule has 0 saturated carbocycles. The molecule has 0 aliphatic carbocycles. The van der Waals surface area contributed by atoms with E-state index in [1.807, 2.05) is 74.9 Å². The standard InChI is InChI=1S/C18H24N4O/c1-13-17(14(2)22(5)20-13)12-19-18(23)11-8-15-6-9-16(10-7-15)21(3)4/h6-11H,12H2,1-5H3,(H,19,23)/b11-8+. The van der Waals surface area contributed by atoms with Crippen LogP contribution >= 0.6 is 0 Å². The second kappa shape index (κ2) is 7.13. The van der Waals surface area contributed by atoms with E-state index in [-0.39, 0.29) is 5.91 Å². The van der Waals surface area contributed by atoms with E-state index in [1.165, 1.54) is 0 Å². The Labute approximate surface area is 137 Å². The second-order valence-corrected chi connectivity index (χ2v) is 5.81. The van der Waals surface area contributed by atoms with E-state index < -0.39 is 0 Å². The predicted molar refractivity (Wildman–Crippen MR) is 94.3 cm³/mol. The molecule has 1 heterocycles. The summed E-state index contributed by atoms with van der Waals surface area (Å²) in [7, 11) is 5.91. The maximum absolute atomic E-state index is 12.0. The summed E-state index contributed by atoms with van der Waals surface area (Å²) in [5.74, 6) is -0.107. The van der Waals surface area contributed by atoms with Crippen molar-refractivity contribution in [1.29, 1.82) is 0 Å². The third-order valence-electron chi connectivity index (χ3n) is 3.93. The number of carbonyl (C=O) groups excluding carboxylic acids is 1. The number of amides is 1. The maximum Gasteiger partial charge on any atom is 0.244 e. The number of nitrogens with one attached hydrogen (secondary N) is 1. The van der Waals surface area contributed by atoms with Gasteiger partial charge in [0.15, 0.2) is 0 Å². The Morgan fingerprint density at radius 1 is 1.26 bits per heavy atom. The van der Waals surface area contributed by atoms with Crippen molar-refractivity contribution in [3.8, 4) is 0 Å². The van der Waals surface area contributed by atoms with Gasteiger partial charge in [-0.25, -0.2) is 0 Å². The zero-order valence-corrected chi connectivity index (χ0v) is 14.4. The molecule has 0 unspecified atom stereocenters. The molecule has 0 radical (unpaired) electrons. The molecule has 122 valence electrons. The van der Waals surface area contributed by atoms with Crippen LogP contribution in [0.4, 0.5) is 5.69 Å². The highest BCUT2D eigenvalue weighted by molar-refractivity contribution is 5.91. The van der Waals surface area contributed by atoms with Crippen molar-refractivity contribution in [3.05, 3.63) is 52.9 Å². The van der Waals surface area contributed by atoms with Gasteiger partial charge in [0.1, 0.15) is 0 Å². The fourth-order valence-electron chi connectivity index (χ4n) is 2.36. The van der Waals surface area contributed by atoms with Gasteiger partial charge in [-0.3, -0.25) is 9.48 Å². The quantitative estimate of drug-likeness (QED) is 0.863. The Kier molecular flexibility index (Phi) is 5.21. The third kappa shape index (κ3) is 4.22. The van der Waals surface area contributed by atoms with Crippen LogP contribution in [-0.4, -0.2) is 29.8 Å². The highest BCUT2D eigenvalue weighted by atomic mass is 16.1. The first kappa shape index (κ1) is 16.8. The number of rotatable bonds is 5. The van der Waals surface area contributed by atoms with Gasteiger partial charge in [-0.05, 0) is 37.6 Å². The van der Waals surface area contributed by atoms with Gasteiger partial charge < -0.3 is 10.2 Å². The molecule has 5 nitrogen and oxygen atoms in total. The van der Waals surface area contributed by atoms with Crippen molar-refractivity contribution in [3.63, 3.8) is 0 Å². The van der Waals surface area contributed by atoms with Crippen LogP contribution in [0.15, 0.2) is 30.3 Å². The first-order chi connectivity index (χ1) is 10.9. The number of hydrogen-bond donors (Lipinski definition) is 1. The van der Waals surface area contributed by atoms with E-state index in [2.05, 4.69) is 10.4 Å². The molecule has 2 aromatic rings. The second-order valence-electron chi connectivity index (χ2n) is 5.81. The van der Waals surface area contributed by atoms with Crippen molar-refractivity contribution in [2.24, 2.45) is 7.05 Å². The molecule has 0 aliphatic rings. The zero-order valence-electron chi connectivity index (χ0n) is 14.4. The van der Waals surface area contributed by atoms with E-state index in [0.717, 1.165) is 28.2 Å². The first-order valence-electron chi connectivity index (χ1n) is 7.61. The molecule has 5 heteroatoms. The van der Waals surface area contributed by atoms with E-state index in [0.29, 0.717) is 6.54 Å². The van der Waals surface area contributed by atoms with Crippen LogP contribution < -0.4 is 10.2 Å². The average Bonchev–Trinajstić information content (AvgIpc) is 2.76. The van der Waals surface area contributed by atoms with Crippen LogP contribution in [0.3, 0.4) is 0 Å². The highest BCUT2D eigenvalue weighted by Gasteiger charge is 2.09. The van der Waals surface area contributed by atoms with Gasteiger partial charge in [0, 0.05) is 50.7 Å². The minimum absolute atomic E-state index is 0.107. The van der Waals surface area contributed by atoms with Crippen LogP contribution in [-0.2, 0) is 18.4 Å². The van der Waals surface area contributed by atoms with Crippen LogP contribution in [0.2, 0.25) is 0 Å². The summed E-state index contributed by atoms with van der Waals surface area (Å²) in [5, 5.41) is 7.25. The number of aromatic nitrogens is 2. The van der Waals surface area contributed by atoms with Crippen LogP contribution in [0.1, 0.15) is 22.5 Å². The van der Waals surface area contributed by atoms with Gasteiger partial charge in [-0.15, -0.1) is 0 Å². The summed E-state index contributed by atoms with van der Waals surface area (Å²) in [5.41, 5.74) is 5.23. The van der Waals surface area contributed by atoms with Gasteiger partial charge in [-0.2, -0.15) is 5.10 Å². The largest absolute Gasteiger partial charge is 0.378 e. The minimum Gasteiger partial charge on any atom is -0.378 e. The normalized spacial score (nSPS) is 11.0. The van der Waals surface area contributed by atoms with E-state index in [4.69, 9.17) is 0 Å². The number of benzene rings is 1. The lowest BCUT2D eigenvalue weighted by molar-refractivity contribution is -0.116. The van der Waals surface area contributed by atoms with E-state index in [9.17, 15) is 4.79 Å². The molecule has 0 fully saturated rings. The molecule has 0 aliphatic heterocycles.